The van der Waals surface area contributed by atoms with Crippen molar-refractivity contribution in [1.82, 2.24) is 14.9 Å². The lowest BCUT2D eigenvalue weighted by molar-refractivity contribution is 0.834. The monoisotopic (exact) mass is 289 g/mol. The summed E-state index contributed by atoms with van der Waals surface area (Å²) in [4.78, 5) is 4.36. The summed E-state index contributed by atoms with van der Waals surface area (Å²) < 4.78 is 1.62. The molecule has 5 nitrogen and oxygen atoms in total. The van der Waals surface area contributed by atoms with E-state index in [4.69, 9.17) is 0 Å². The van der Waals surface area contributed by atoms with E-state index in [1.54, 1.807) is 17.1 Å². The highest BCUT2D eigenvalue weighted by molar-refractivity contribution is 5.81. The third-order valence-electron chi connectivity index (χ3n) is 3.03. The Morgan fingerprint density at radius 3 is 2.05 bits per heavy atom. The van der Waals surface area contributed by atoms with Crippen molar-refractivity contribution in [1.29, 1.82) is 0 Å². The minimum absolute atomic E-state index is 0.452. The molecule has 0 aliphatic rings. The summed E-state index contributed by atoms with van der Waals surface area (Å²) in [5.74, 6) is 1.14. The minimum Gasteiger partial charge on any atom is -0.218 e. The van der Waals surface area contributed by atoms with E-state index in [0.29, 0.717) is 11.8 Å². The molecule has 0 spiro atoms. The standard InChI is InChI=1S/C17H15N5/c1-14-20-21-17(18-12-15-8-4-2-5-9-15)22(14)19-13-16-10-6-3-7-11-16/h2-13H,1H3/b18-12+,19-13+. The van der Waals surface area contributed by atoms with E-state index in [1.807, 2.05) is 67.6 Å². The highest BCUT2D eigenvalue weighted by Crippen LogP contribution is 2.11. The van der Waals surface area contributed by atoms with Crippen LogP contribution in [-0.2, 0) is 0 Å². The second-order valence-electron chi connectivity index (χ2n) is 4.68. The van der Waals surface area contributed by atoms with Gasteiger partial charge in [0.05, 0.1) is 6.21 Å². The van der Waals surface area contributed by atoms with Gasteiger partial charge in [0.2, 0.25) is 0 Å². The van der Waals surface area contributed by atoms with Crippen molar-refractivity contribution in [3.63, 3.8) is 0 Å². The van der Waals surface area contributed by atoms with E-state index >= 15 is 0 Å². The van der Waals surface area contributed by atoms with Crippen molar-refractivity contribution < 1.29 is 0 Å². The largest absolute Gasteiger partial charge is 0.271 e. The van der Waals surface area contributed by atoms with E-state index in [9.17, 15) is 0 Å². The zero-order valence-electron chi connectivity index (χ0n) is 12.2. The van der Waals surface area contributed by atoms with Crippen LogP contribution in [0.3, 0.4) is 0 Å². The van der Waals surface area contributed by atoms with Crippen LogP contribution in [0, 0.1) is 6.92 Å². The van der Waals surface area contributed by atoms with Crippen LogP contribution in [0.5, 0.6) is 0 Å². The molecule has 0 aliphatic carbocycles. The second kappa shape index (κ2) is 6.58. The zero-order chi connectivity index (χ0) is 15.2. The molecule has 0 saturated heterocycles. The van der Waals surface area contributed by atoms with Crippen molar-refractivity contribution in [3.8, 4) is 0 Å². The van der Waals surface area contributed by atoms with Crippen molar-refractivity contribution in [2.75, 3.05) is 0 Å². The number of hydrogen-bond acceptors (Lipinski definition) is 4. The molecule has 0 unspecified atom stereocenters. The molecule has 3 rings (SSSR count). The molecule has 1 aromatic heterocycles. The lowest BCUT2D eigenvalue weighted by Crippen LogP contribution is -1.94. The summed E-state index contributed by atoms with van der Waals surface area (Å²) in [7, 11) is 0. The number of rotatable bonds is 4. The molecule has 0 aliphatic heterocycles. The SMILES string of the molecule is Cc1nnc(/N=C/c2ccccc2)n1/N=C/c1ccccc1. The van der Waals surface area contributed by atoms with Gasteiger partial charge in [0.1, 0.15) is 0 Å². The topological polar surface area (TPSA) is 55.4 Å². The summed E-state index contributed by atoms with van der Waals surface area (Å²) in [6, 6.07) is 19.7. The Morgan fingerprint density at radius 2 is 1.41 bits per heavy atom. The first kappa shape index (κ1) is 13.9. The maximum absolute atomic E-state index is 4.40. The van der Waals surface area contributed by atoms with Gasteiger partial charge < -0.3 is 0 Å². The van der Waals surface area contributed by atoms with Crippen LogP contribution in [0.1, 0.15) is 17.0 Å². The van der Waals surface area contributed by atoms with E-state index in [-0.39, 0.29) is 0 Å². The Morgan fingerprint density at radius 1 is 0.818 bits per heavy atom. The smallest absolute Gasteiger partial charge is 0.218 e. The van der Waals surface area contributed by atoms with Gasteiger partial charge in [-0.1, -0.05) is 60.7 Å². The Balaban J connectivity index is 1.85. The summed E-state index contributed by atoms with van der Waals surface area (Å²) in [5, 5.41) is 12.5. The average Bonchev–Trinajstić information content (AvgIpc) is 2.93. The van der Waals surface area contributed by atoms with Gasteiger partial charge in [0.25, 0.3) is 5.95 Å². The van der Waals surface area contributed by atoms with Crippen molar-refractivity contribution >= 4 is 18.4 Å². The lowest BCUT2D eigenvalue weighted by Gasteiger charge is -1.98. The fourth-order valence-electron chi connectivity index (χ4n) is 1.90. The van der Waals surface area contributed by atoms with Gasteiger partial charge >= 0.3 is 0 Å². The average molecular weight is 289 g/mol. The van der Waals surface area contributed by atoms with E-state index in [1.165, 1.54) is 0 Å². The second-order valence-corrected chi connectivity index (χ2v) is 4.68. The normalized spacial score (nSPS) is 11.5. The fraction of sp³-hybridized carbons (Fsp3) is 0.0588. The van der Waals surface area contributed by atoms with Gasteiger partial charge in [-0.15, -0.1) is 10.2 Å². The number of hydrogen-bond donors (Lipinski definition) is 0. The summed E-state index contributed by atoms with van der Waals surface area (Å²) >= 11 is 0. The van der Waals surface area contributed by atoms with Crippen molar-refractivity contribution in [2.24, 2.45) is 10.1 Å². The van der Waals surface area contributed by atoms with E-state index in [0.717, 1.165) is 11.1 Å². The number of aryl methyl sites for hydroxylation is 1. The third-order valence-corrected chi connectivity index (χ3v) is 3.03. The molecule has 0 saturated carbocycles. The number of aromatic nitrogens is 3. The Bertz CT molecular complexity index is 788. The molecule has 0 radical (unpaired) electrons. The Kier molecular flexibility index (Phi) is 4.15. The first-order valence-electron chi connectivity index (χ1n) is 6.93. The molecule has 22 heavy (non-hydrogen) atoms. The van der Waals surface area contributed by atoms with Crippen molar-refractivity contribution in [2.45, 2.75) is 6.92 Å². The fourth-order valence-corrected chi connectivity index (χ4v) is 1.90. The van der Waals surface area contributed by atoms with Crippen LogP contribution in [0.25, 0.3) is 0 Å². The predicted octanol–water partition coefficient (Wildman–Crippen LogP) is 3.22. The number of benzene rings is 2. The van der Waals surface area contributed by atoms with Crippen LogP contribution in [0.2, 0.25) is 0 Å². The molecule has 3 aromatic rings. The first-order chi connectivity index (χ1) is 10.8. The molecule has 108 valence electrons. The Labute approximate surface area is 128 Å². The summed E-state index contributed by atoms with van der Waals surface area (Å²) in [6.07, 6.45) is 3.51. The zero-order valence-corrected chi connectivity index (χ0v) is 12.2. The van der Waals surface area contributed by atoms with Crippen LogP contribution < -0.4 is 0 Å². The minimum atomic E-state index is 0.452. The lowest BCUT2D eigenvalue weighted by atomic mass is 10.2. The van der Waals surface area contributed by atoms with Crippen molar-refractivity contribution in [3.05, 3.63) is 77.6 Å². The molecule has 2 aromatic carbocycles. The molecule has 0 fully saturated rings. The van der Waals surface area contributed by atoms with Gasteiger partial charge in [0, 0.05) is 6.21 Å². The molecule has 1 heterocycles. The molecule has 0 amide bonds. The van der Waals surface area contributed by atoms with Gasteiger partial charge in [0.15, 0.2) is 5.82 Å². The van der Waals surface area contributed by atoms with Gasteiger partial charge in [-0.05, 0) is 18.1 Å². The van der Waals surface area contributed by atoms with E-state index < -0.39 is 0 Å². The third kappa shape index (κ3) is 3.32. The van der Waals surface area contributed by atoms with Crippen LogP contribution >= 0.6 is 0 Å². The molecule has 0 bridgehead atoms. The molecule has 0 atom stereocenters. The first-order valence-corrected chi connectivity index (χ1v) is 6.93. The Hall–Kier alpha value is -3.08. The number of aliphatic imine (C=N–C) groups is 1. The maximum Gasteiger partial charge on any atom is 0.271 e. The summed E-state index contributed by atoms with van der Waals surface area (Å²) in [6.45, 7) is 1.84. The van der Waals surface area contributed by atoms with Gasteiger partial charge in [-0.2, -0.15) is 9.78 Å². The van der Waals surface area contributed by atoms with Crippen LogP contribution in [-0.4, -0.2) is 27.3 Å². The quantitative estimate of drug-likeness (QED) is 0.692. The number of nitrogens with zero attached hydrogens (tertiary/aromatic N) is 5. The van der Waals surface area contributed by atoms with Gasteiger partial charge in [-0.25, -0.2) is 4.99 Å². The predicted molar refractivity (Wildman–Crippen MR) is 87.9 cm³/mol. The van der Waals surface area contributed by atoms with Crippen LogP contribution in [0.4, 0.5) is 5.95 Å². The van der Waals surface area contributed by atoms with Gasteiger partial charge in [-0.3, -0.25) is 0 Å². The molecule has 5 heteroatoms. The highest BCUT2D eigenvalue weighted by atomic mass is 15.5. The highest BCUT2D eigenvalue weighted by Gasteiger charge is 2.05. The molecular formula is C17H15N5. The van der Waals surface area contributed by atoms with E-state index in [2.05, 4.69) is 20.3 Å². The summed E-state index contributed by atoms with van der Waals surface area (Å²) in [5.41, 5.74) is 2.01. The molecule has 0 N–H and O–H groups in total. The maximum atomic E-state index is 4.40. The van der Waals surface area contributed by atoms with Crippen LogP contribution in [0.15, 0.2) is 70.8 Å². The molecular weight excluding hydrogens is 274 g/mol.